The summed E-state index contributed by atoms with van der Waals surface area (Å²) in [5.41, 5.74) is 2.08. The normalized spacial score (nSPS) is 30.6. The van der Waals surface area contributed by atoms with Gasteiger partial charge in [-0.1, -0.05) is 30.2 Å². The minimum absolute atomic E-state index is 0.193. The van der Waals surface area contributed by atoms with Crippen molar-refractivity contribution in [1.82, 2.24) is 15.1 Å². The van der Waals surface area contributed by atoms with E-state index in [2.05, 4.69) is 21.2 Å². The molecular weight excluding hydrogens is 394 g/mol. The van der Waals surface area contributed by atoms with Crippen LogP contribution in [0.1, 0.15) is 48.9 Å². The standard InChI is InChI=1S/C24H31N3O2S/c1-29-21-10-3-2-8-19(21)23(28)25-24(30)27-12-6-7-16-13-17-14-18(22(16)27)15-26-11-5-4-9-20(17)26/h2-3,8,10,13,17-18,20,22H,4-7,9,11-12,14-15H2,1H3,(H,25,28,30)/t17-,18+,20+,22+/m0/s1. The van der Waals surface area contributed by atoms with Crippen LogP contribution in [0.15, 0.2) is 35.9 Å². The third kappa shape index (κ3) is 3.54. The van der Waals surface area contributed by atoms with E-state index >= 15 is 0 Å². The second kappa shape index (κ2) is 8.31. The molecule has 0 unspecified atom stereocenters. The minimum atomic E-state index is -0.193. The number of nitrogens with one attached hydrogen (secondary N) is 1. The number of fused-ring (bicyclic) bond motifs is 6. The Kier molecular flexibility index (Phi) is 5.54. The highest BCUT2D eigenvalue weighted by Gasteiger charge is 2.46. The first kappa shape index (κ1) is 20.0. The first-order valence-electron chi connectivity index (χ1n) is 11.4. The first-order valence-corrected chi connectivity index (χ1v) is 11.8. The van der Waals surface area contributed by atoms with Crippen molar-refractivity contribution in [1.29, 1.82) is 0 Å². The maximum atomic E-state index is 12.9. The summed E-state index contributed by atoms with van der Waals surface area (Å²) in [5.74, 6) is 1.68. The van der Waals surface area contributed by atoms with Gasteiger partial charge in [0.05, 0.1) is 18.7 Å². The van der Waals surface area contributed by atoms with Crippen molar-refractivity contribution in [2.75, 3.05) is 26.7 Å². The van der Waals surface area contributed by atoms with Gasteiger partial charge >= 0.3 is 0 Å². The lowest BCUT2D eigenvalue weighted by Gasteiger charge is -2.55. The molecule has 0 saturated carbocycles. The van der Waals surface area contributed by atoms with Crippen LogP contribution in [-0.4, -0.2) is 59.6 Å². The van der Waals surface area contributed by atoms with Crippen LogP contribution in [0.25, 0.3) is 0 Å². The summed E-state index contributed by atoms with van der Waals surface area (Å²) in [6.45, 7) is 3.32. The van der Waals surface area contributed by atoms with Gasteiger partial charge in [-0.3, -0.25) is 15.0 Å². The van der Waals surface area contributed by atoms with E-state index < -0.39 is 0 Å². The van der Waals surface area contributed by atoms with Gasteiger partial charge in [-0.2, -0.15) is 0 Å². The number of rotatable bonds is 2. The number of carbonyl (C=O) groups excluding carboxylic acids is 1. The van der Waals surface area contributed by atoms with Crippen LogP contribution in [0.3, 0.4) is 0 Å². The molecule has 6 heteroatoms. The first-order chi connectivity index (χ1) is 14.7. The maximum Gasteiger partial charge on any atom is 0.261 e. The number of ether oxygens (including phenoxy) is 1. The van der Waals surface area contributed by atoms with Gasteiger partial charge in [-0.05, 0) is 74.8 Å². The van der Waals surface area contributed by atoms with E-state index in [0.29, 0.717) is 34.3 Å². The molecule has 3 aliphatic heterocycles. The largest absolute Gasteiger partial charge is 0.496 e. The summed E-state index contributed by atoms with van der Waals surface area (Å²) in [6.07, 6.45) is 10.2. The maximum absolute atomic E-state index is 12.9. The topological polar surface area (TPSA) is 44.8 Å². The zero-order chi connectivity index (χ0) is 20.7. The molecule has 3 saturated heterocycles. The number of para-hydroxylation sites is 1. The number of amides is 1. The van der Waals surface area contributed by atoms with Crippen LogP contribution >= 0.6 is 12.2 Å². The second-order valence-corrected chi connectivity index (χ2v) is 9.55. The Morgan fingerprint density at radius 2 is 2.07 bits per heavy atom. The summed E-state index contributed by atoms with van der Waals surface area (Å²) in [7, 11) is 1.58. The molecule has 0 radical (unpaired) electrons. The van der Waals surface area contributed by atoms with Gasteiger partial charge in [0.15, 0.2) is 5.11 Å². The molecule has 30 heavy (non-hydrogen) atoms. The summed E-state index contributed by atoms with van der Waals surface area (Å²) in [4.78, 5) is 17.9. The van der Waals surface area contributed by atoms with E-state index in [-0.39, 0.29) is 5.91 Å². The fourth-order valence-electron chi connectivity index (χ4n) is 6.27. The molecule has 3 heterocycles. The van der Waals surface area contributed by atoms with Crippen molar-refractivity contribution in [3.05, 3.63) is 41.5 Å². The number of nitrogens with zero attached hydrogens (tertiary/aromatic N) is 2. The number of likely N-dealkylation sites (tertiary alicyclic amines) is 1. The SMILES string of the molecule is COc1ccccc1C(=O)NC(=S)N1CCCC2=C[C@H]3C[C@H](CN4CCCC[C@H]34)[C@@H]21. The number of hydrogen-bond acceptors (Lipinski definition) is 4. The van der Waals surface area contributed by atoms with E-state index in [0.717, 1.165) is 19.0 Å². The minimum Gasteiger partial charge on any atom is -0.496 e. The molecule has 3 fully saturated rings. The van der Waals surface area contributed by atoms with E-state index in [1.165, 1.54) is 45.2 Å². The Morgan fingerprint density at radius 3 is 2.93 bits per heavy atom. The molecular formula is C24H31N3O2S. The Labute approximate surface area is 184 Å². The van der Waals surface area contributed by atoms with E-state index in [1.54, 1.807) is 24.8 Å². The monoisotopic (exact) mass is 425 g/mol. The van der Waals surface area contributed by atoms with Gasteiger partial charge < -0.3 is 9.64 Å². The highest BCUT2D eigenvalue weighted by atomic mass is 32.1. The molecule has 1 aromatic carbocycles. The fraction of sp³-hybridized carbons (Fsp3) is 0.583. The lowest BCUT2D eigenvalue weighted by atomic mass is 9.68. The molecule has 1 N–H and O–H groups in total. The zero-order valence-electron chi connectivity index (χ0n) is 17.7. The van der Waals surface area contributed by atoms with Crippen LogP contribution < -0.4 is 10.1 Å². The Bertz CT molecular complexity index is 870. The molecule has 5 rings (SSSR count). The predicted octanol–water partition coefficient (Wildman–Crippen LogP) is 3.60. The van der Waals surface area contributed by atoms with Crippen molar-refractivity contribution in [3.63, 3.8) is 0 Å². The molecule has 1 aromatic rings. The number of hydrogen-bond donors (Lipinski definition) is 1. The smallest absolute Gasteiger partial charge is 0.261 e. The van der Waals surface area contributed by atoms with Crippen molar-refractivity contribution in [2.45, 2.75) is 50.6 Å². The van der Waals surface area contributed by atoms with Crippen LogP contribution in [0, 0.1) is 11.8 Å². The lowest BCUT2D eigenvalue weighted by Crippen LogP contribution is -2.61. The number of carbonyl (C=O) groups is 1. The van der Waals surface area contributed by atoms with Gasteiger partial charge in [0.25, 0.3) is 5.91 Å². The van der Waals surface area contributed by atoms with Crippen molar-refractivity contribution >= 4 is 23.2 Å². The average molecular weight is 426 g/mol. The molecule has 0 spiro atoms. The number of thiocarbonyl (C=S) groups is 1. The number of benzene rings is 1. The highest BCUT2D eigenvalue weighted by molar-refractivity contribution is 7.80. The lowest BCUT2D eigenvalue weighted by molar-refractivity contribution is 0.0127. The quantitative estimate of drug-likeness (QED) is 0.579. The van der Waals surface area contributed by atoms with Crippen molar-refractivity contribution < 1.29 is 9.53 Å². The predicted molar refractivity (Wildman–Crippen MR) is 122 cm³/mol. The van der Waals surface area contributed by atoms with E-state index in [4.69, 9.17) is 17.0 Å². The Hall–Kier alpha value is -1.92. The number of methoxy groups -OCH3 is 1. The van der Waals surface area contributed by atoms with Crippen LogP contribution in [-0.2, 0) is 0 Å². The Morgan fingerprint density at radius 1 is 1.20 bits per heavy atom. The van der Waals surface area contributed by atoms with Gasteiger partial charge in [0, 0.05) is 19.1 Å². The summed E-state index contributed by atoms with van der Waals surface area (Å²) >= 11 is 5.77. The molecule has 0 aromatic heterocycles. The fourth-order valence-corrected chi connectivity index (χ4v) is 6.57. The van der Waals surface area contributed by atoms with E-state index in [1.807, 2.05) is 12.1 Å². The number of piperidine rings is 3. The highest BCUT2D eigenvalue weighted by Crippen LogP contribution is 2.45. The van der Waals surface area contributed by atoms with Crippen LogP contribution in [0.5, 0.6) is 5.75 Å². The zero-order valence-corrected chi connectivity index (χ0v) is 18.5. The molecule has 160 valence electrons. The van der Waals surface area contributed by atoms with Crippen molar-refractivity contribution in [3.8, 4) is 5.75 Å². The van der Waals surface area contributed by atoms with Gasteiger partial charge in [-0.25, -0.2) is 0 Å². The third-order valence-electron chi connectivity index (χ3n) is 7.49. The molecule has 4 atom stereocenters. The average Bonchev–Trinajstić information content (AvgIpc) is 2.78. The molecule has 1 aliphatic carbocycles. The summed E-state index contributed by atoms with van der Waals surface area (Å²) < 4.78 is 5.35. The summed E-state index contributed by atoms with van der Waals surface area (Å²) in [5, 5.41) is 3.56. The summed E-state index contributed by atoms with van der Waals surface area (Å²) in [6, 6.07) is 8.38. The van der Waals surface area contributed by atoms with Gasteiger partial charge in [0.2, 0.25) is 0 Å². The molecule has 5 nitrogen and oxygen atoms in total. The Balaban J connectivity index is 1.35. The van der Waals surface area contributed by atoms with E-state index in [9.17, 15) is 4.79 Å². The van der Waals surface area contributed by atoms with Gasteiger partial charge in [-0.15, -0.1) is 0 Å². The molecule has 1 amide bonds. The van der Waals surface area contributed by atoms with Crippen LogP contribution in [0.2, 0.25) is 0 Å². The van der Waals surface area contributed by atoms with Crippen LogP contribution in [0.4, 0.5) is 0 Å². The molecule has 2 bridgehead atoms. The van der Waals surface area contributed by atoms with Crippen molar-refractivity contribution in [2.24, 2.45) is 11.8 Å². The second-order valence-electron chi connectivity index (χ2n) is 9.16. The molecule has 4 aliphatic rings. The van der Waals surface area contributed by atoms with Gasteiger partial charge in [0.1, 0.15) is 5.75 Å². The third-order valence-corrected chi connectivity index (χ3v) is 7.83.